The zero-order valence-corrected chi connectivity index (χ0v) is 50.7. The van der Waals surface area contributed by atoms with Gasteiger partial charge in [-0.3, -0.25) is 5.32 Å². The average Bonchev–Trinajstić information content (AvgIpc) is 0.745. The van der Waals surface area contributed by atoms with Gasteiger partial charge in [-0.1, -0.05) is 85.4 Å². The minimum atomic E-state index is -0.757. The van der Waals surface area contributed by atoms with Crippen molar-refractivity contribution in [2.45, 2.75) is 171 Å². The number of fused-ring (bicyclic) bond motifs is 3. The van der Waals surface area contributed by atoms with Crippen molar-refractivity contribution in [3.05, 3.63) is 175 Å². The lowest BCUT2D eigenvalue weighted by Gasteiger charge is -2.69. The van der Waals surface area contributed by atoms with Crippen molar-refractivity contribution in [2.24, 2.45) is 35.5 Å². The normalized spacial score (nSPS) is 31.1. The molecule has 5 aromatic carbocycles. The number of hydrogen-bond donors (Lipinski definition) is 7. The largest absolute Gasteiger partial charge is 0.508 e. The predicted molar refractivity (Wildman–Crippen MR) is 339 cm³/mol. The first-order valence-corrected chi connectivity index (χ1v) is 33.2. The Bertz CT molecular complexity index is 3920. The number of rotatable bonds is 8. The lowest BCUT2D eigenvalue weighted by atomic mass is 9.39. The second-order valence-corrected chi connectivity index (χ2v) is 27.8. The van der Waals surface area contributed by atoms with Gasteiger partial charge < -0.3 is 54.4 Å². The van der Waals surface area contributed by atoms with E-state index in [0.717, 1.165) is 138 Å². The van der Waals surface area contributed by atoms with E-state index in [1.807, 2.05) is 24.3 Å². The van der Waals surface area contributed by atoms with Gasteiger partial charge in [0, 0.05) is 83.0 Å². The molecule has 12 nitrogen and oxygen atoms in total. The molecule has 5 aliphatic carbocycles. The number of nitrogens with one attached hydrogen (secondary N) is 2. The fourth-order valence-corrected chi connectivity index (χ4v) is 19.1. The Morgan fingerprint density at radius 1 is 0.807 bits per heavy atom. The highest BCUT2D eigenvalue weighted by atomic mass is 16.5. The molecular formula is C76H83N3O9. The van der Waals surface area contributed by atoms with Crippen molar-refractivity contribution in [1.82, 2.24) is 15.2 Å². The van der Waals surface area contributed by atoms with Crippen LogP contribution < -0.4 is 15.4 Å². The Morgan fingerprint density at radius 3 is 2.61 bits per heavy atom. The summed E-state index contributed by atoms with van der Waals surface area (Å²) >= 11 is 0. The van der Waals surface area contributed by atoms with Gasteiger partial charge in [0.15, 0.2) is 11.5 Å². The predicted octanol–water partition coefficient (Wildman–Crippen LogP) is 12.3. The van der Waals surface area contributed by atoms with Gasteiger partial charge in [0.2, 0.25) is 0 Å². The van der Waals surface area contributed by atoms with E-state index in [2.05, 4.69) is 81.9 Å². The van der Waals surface area contributed by atoms with E-state index in [4.69, 9.17) is 18.9 Å². The number of hydrogen-bond acceptors (Lipinski definition) is 11. The summed E-state index contributed by atoms with van der Waals surface area (Å²) in [7, 11) is 1.77. The summed E-state index contributed by atoms with van der Waals surface area (Å²) in [5.74, 6) is 11.0. The lowest BCUT2D eigenvalue weighted by molar-refractivity contribution is -0.247. The van der Waals surface area contributed by atoms with E-state index >= 15 is 0 Å². The van der Waals surface area contributed by atoms with Crippen LogP contribution in [0.3, 0.4) is 0 Å². The van der Waals surface area contributed by atoms with Crippen LogP contribution >= 0.6 is 0 Å². The number of aliphatic hydroxyl groups excluding tert-OH is 2. The minimum absolute atomic E-state index is 0.00803. The van der Waals surface area contributed by atoms with E-state index < -0.39 is 6.10 Å². The van der Waals surface area contributed by atoms with Gasteiger partial charge in [-0.05, 0) is 206 Å². The van der Waals surface area contributed by atoms with E-state index in [-0.39, 0.29) is 78.4 Å². The van der Waals surface area contributed by atoms with Gasteiger partial charge in [0.05, 0.1) is 37.6 Å². The molecule has 88 heavy (non-hydrogen) atoms. The van der Waals surface area contributed by atoms with Crippen LogP contribution in [-0.2, 0) is 64.9 Å². The van der Waals surface area contributed by atoms with Gasteiger partial charge >= 0.3 is 0 Å². The van der Waals surface area contributed by atoms with Crippen molar-refractivity contribution >= 4 is 22.7 Å². The van der Waals surface area contributed by atoms with E-state index in [0.29, 0.717) is 54.2 Å². The number of aromatic nitrogens is 1. The highest BCUT2D eigenvalue weighted by Crippen LogP contribution is 2.69. The molecule has 12 unspecified atom stereocenters. The molecule has 2 saturated carbocycles. The number of nitrogens with zero attached hydrogens (tertiary/aromatic N) is 1. The third-order valence-corrected chi connectivity index (χ3v) is 23.1. The zero-order chi connectivity index (χ0) is 59.4. The first-order chi connectivity index (χ1) is 43.0. The molecule has 12 atom stereocenters. The molecule has 4 fully saturated rings. The number of phenols is 3. The van der Waals surface area contributed by atoms with Crippen LogP contribution in [0.4, 0.5) is 0 Å². The molecular weight excluding hydrogens is 1100 g/mol. The molecule has 17 rings (SSSR count). The number of benzene rings is 5. The van der Waals surface area contributed by atoms with Crippen LogP contribution in [0.1, 0.15) is 151 Å². The number of aliphatic hydroxyl groups is 2. The van der Waals surface area contributed by atoms with Gasteiger partial charge in [0.25, 0.3) is 0 Å². The van der Waals surface area contributed by atoms with E-state index in [9.17, 15) is 25.5 Å². The van der Waals surface area contributed by atoms with Crippen LogP contribution in [0.15, 0.2) is 114 Å². The summed E-state index contributed by atoms with van der Waals surface area (Å²) in [5, 5.41) is 66.7. The molecule has 11 aliphatic rings. The number of methoxy groups -OCH3 is 1. The van der Waals surface area contributed by atoms with Crippen LogP contribution in [0, 0.1) is 47.3 Å². The van der Waals surface area contributed by atoms with Gasteiger partial charge in [-0.2, -0.15) is 0 Å². The monoisotopic (exact) mass is 1180 g/mol. The lowest BCUT2D eigenvalue weighted by Crippen LogP contribution is -2.70. The summed E-state index contributed by atoms with van der Waals surface area (Å²) < 4.78 is 30.3. The minimum Gasteiger partial charge on any atom is -0.508 e. The second kappa shape index (κ2) is 22.6. The topological polar surface area (TPSA) is 167 Å². The standard InChI is InChI=1S/C76H83N3O9/c1-85-69-27-25-62-60-23-16-44(14-15-45-17-26-66(82)51(29-45)30-46-8-4-12-58(81)31-46)7-5-13-59-37-67(83)48-20-24-61-63(35-48)53(40-80)36-68(84)71(61)87-41-54-34-57(33-52-38-79(39-64(52)54)74(65(60)43-86-59)78-73(62)77-69)76-56-22-18-47-9-6-10-49(70(47)76)32-50-19-21-55-11-2-3-28-75(55,72(50)76)88-42-56/h4,6,8-10,12,17,20,24,26,29,31,33-34,36,38-39,44,48,50,55-56,59,67,69,72-73,77-78,80-84H,2-3,5,7,11,13-15,18-19,21-22,25,27-28,30,32,35,37,40-43H2,1H3. The molecule has 7 N–H and O–H groups in total. The first-order valence-electron chi connectivity index (χ1n) is 33.2. The maximum absolute atomic E-state index is 12.5. The van der Waals surface area contributed by atoms with Crippen LogP contribution in [0.2, 0.25) is 0 Å². The van der Waals surface area contributed by atoms with Gasteiger partial charge in [-0.25, -0.2) is 0 Å². The number of aryl methyl sites for hydroxylation is 2. The Morgan fingerprint density at radius 2 is 1.72 bits per heavy atom. The second-order valence-electron chi connectivity index (χ2n) is 27.8. The van der Waals surface area contributed by atoms with Crippen molar-refractivity contribution in [3.63, 3.8) is 0 Å². The fourth-order valence-electron chi connectivity index (χ4n) is 19.1. The summed E-state index contributed by atoms with van der Waals surface area (Å²) in [6.45, 7) is 0.974. The van der Waals surface area contributed by atoms with Crippen molar-refractivity contribution in [2.75, 3.05) is 20.3 Å². The van der Waals surface area contributed by atoms with Crippen LogP contribution in [0.25, 0.3) is 22.7 Å². The maximum Gasteiger partial charge on any atom is 0.168 e. The molecule has 6 aliphatic heterocycles. The Kier molecular flexibility index (Phi) is 14.5. The van der Waals surface area contributed by atoms with E-state index in [1.165, 1.54) is 54.4 Å². The quantitative estimate of drug-likeness (QED) is 0.0725. The molecule has 456 valence electrons. The molecule has 6 aromatic rings. The molecule has 1 aromatic heterocycles. The van der Waals surface area contributed by atoms with Crippen molar-refractivity contribution < 1.29 is 44.5 Å². The summed E-state index contributed by atoms with van der Waals surface area (Å²) in [5.41, 5.74) is 14.8. The SMILES string of the molecule is COC1CCC2=C3C#CC(CCc4ccc(O)c(Cc5cccc(O)c5)c4)CCCC4CC(O)C5C=Cc6c(c(CO)cc(O)c6OCc6cc(C78c9c%10cccc9CC9CCC%11CCCCC%11(OCC7CC%10)C98)cc7cn(cc67)C(=C3CO4)NC2N1)C5. The zero-order valence-electron chi connectivity index (χ0n) is 50.7. The molecule has 8 bridgehead atoms. The smallest absolute Gasteiger partial charge is 0.168 e. The Balaban J connectivity index is 0.871. The Labute approximate surface area is 516 Å². The number of piperidine rings is 1. The number of aromatic hydroxyl groups is 3. The number of phenolic OH excluding ortho intramolecular Hbond substituents is 3. The Hall–Kier alpha value is -6.82. The van der Waals surface area contributed by atoms with Gasteiger partial charge in [0.1, 0.15) is 36.3 Å². The van der Waals surface area contributed by atoms with Crippen molar-refractivity contribution in [3.8, 4) is 34.8 Å². The molecule has 7 heterocycles. The fraction of sp³-hybridized carbons (Fsp3) is 0.474. The van der Waals surface area contributed by atoms with Gasteiger partial charge in [-0.15, -0.1) is 0 Å². The summed E-state index contributed by atoms with van der Waals surface area (Å²) in [4.78, 5) is 0. The maximum atomic E-state index is 12.5. The van der Waals surface area contributed by atoms with E-state index in [1.54, 1.807) is 36.9 Å². The number of dihydropyridines is 1. The third kappa shape index (κ3) is 9.46. The third-order valence-electron chi connectivity index (χ3n) is 23.1. The highest BCUT2D eigenvalue weighted by molar-refractivity contribution is 5.89. The first kappa shape index (κ1) is 56.4. The highest BCUT2D eigenvalue weighted by Gasteiger charge is 2.69. The van der Waals surface area contributed by atoms with Crippen LogP contribution in [0.5, 0.6) is 23.0 Å². The average molecular weight is 1180 g/mol. The molecule has 0 radical (unpaired) electrons. The number of ether oxygens (including phenoxy) is 4. The summed E-state index contributed by atoms with van der Waals surface area (Å²) in [6, 6.07) is 27.1. The molecule has 0 amide bonds. The van der Waals surface area contributed by atoms with Crippen molar-refractivity contribution in [1.29, 1.82) is 0 Å². The molecule has 12 heteroatoms. The summed E-state index contributed by atoms with van der Waals surface area (Å²) in [6.07, 6.45) is 24.7. The van der Waals surface area contributed by atoms with Crippen LogP contribution in [-0.4, -0.2) is 80.6 Å². The molecule has 1 spiro atoms. The molecule has 2 saturated heterocycles.